The van der Waals surface area contributed by atoms with Crippen LogP contribution in [-0.4, -0.2) is 49.1 Å². The van der Waals surface area contributed by atoms with E-state index in [2.05, 4.69) is 46.7 Å². The molecule has 1 aliphatic carbocycles. The van der Waals surface area contributed by atoms with Crippen LogP contribution in [0.15, 0.2) is 29.3 Å². The molecule has 2 aromatic rings. The molecule has 0 radical (unpaired) electrons. The van der Waals surface area contributed by atoms with Crippen molar-refractivity contribution in [2.45, 2.75) is 52.5 Å². The minimum absolute atomic E-state index is 0. The highest BCUT2D eigenvalue weighted by Crippen LogP contribution is 2.19. The Hall–Kier alpha value is -1.88. The Labute approximate surface area is 211 Å². The van der Waals surface area contributed by atoms with E-state index in [0.29, 0.717) is 18.3 Å². The third kappa shape index (κ3) is 9.32. The molecule has 1 saturated carbocycles. The van der Waals surface area contributed by atoms with Gasteiger partial charge in [-0.3, -0.25) is 9.79 Å². The number of amides is 1. The molecule has 3 N–H and O–H groups in total. The number of nitrogens with one attached hydrogen (secondary N) is 3. The van der Waals surface area contributed by atoms with E-state index in [1.807, 2.05) is 24.3 Å². The first-order chi connectivity index (χ1) is 15.0. The zero-order valence-corrected chi connectivity index (χ0v) is 22.2. The van der Waals surface area contributed by atoms with Gasteiger partial charge in [0, 0.05) is 37.0 Å². The number of aryl methyl sites for hydroxylation is 2. The normalized spacial score (nSPS) is 13.3. The summed E-state index contributed by atoms with van der Waals surface area (Å²) in [6, 6.07) is 8.26. The number of benzene rings is 1. The van der Waals surface area contributed by atoms with Crippen molar-refractivity contribution in [1.82, 2.24) is 20.9 Å². The van der Waals surface area contributed by atoms with Crippen molar-refractivity contribution in [3.63, 3.8) is 0 Å². The number of aromatic nitrogens is 1. The fourth-order valence-electron chi connectivity index (χ4n) is 2.97. The maximum absolute atomic E-state index is 11.7. The topological polar surface area (TPSA) is 87.6 Å². The standard InChI is InChI=1S/C23H33N5O2S.HI/c1-4-24-23(26-14-12-22-27-16(2)17(3)31-22)25-13-11-18-5-9-20(10-6-18)30-15-21(29)28-19-7-8-19;/h5-6,9-10,19H,4,7-8,11-15H2,1-3H3,(H,28,29)(H2,24,25,26);1H. The average molecular weight is 572 g/mol. The summed E-state index contributed by atoms with van der Waals surface area (Å²) in [5, 5.41) is 10.7. The fourth-order valence-corrected chi connectivity index (χ4v) is 3.90. The number of hydrogen-bond donors (Lipinski definition) is 3. The summed E-state index contributed by atoms with van der Waals surface area (Å²) in [7, 11) is 0. The molecule has 7 nitrogen and oxygen atoms in total. The number of rotatable bonds is 11. The van der Waals surface area contributed by atoms with E-state index in [1.54, 1.807) is 11.3 Å². The van der Waals surface area contributed by atoms with Crippen LogP contribution in [0.2, 0.25) is 0 Å². The number of guanidine groups is 1. The lowest BCUT2D eigenvalue weighted by molar-refractivity contribution is -0.123. The molecule has 1 aliphatic rings. The maximum atomic E-state index is 11.7. The van der Waals surface area contributed by atoms with Crippen LogP contribution in [0.25, 0.3) is 0 Å². The highest BCUT2D eigenvalue weighted by Gasteiger charge is 2.23. The van der Waals surface area contributed by atoms with Gasteiger partial charge in [-0.05, 0) is 57.7 Å². The lowest BCUT2D eigenvalue weighted by Gasteiger charge is -2.11. The molecule has 3 rings (SSSR count). The van der Waals surface area contributed by atoms with Crippen molar-refractivity contribution in [1.29, 1.82) is 0 Å². The van der Waals surface area contributed by atoms with Crippen molar-refractivity contribution in [3.8, 4) is 5.75 Å². The summed E-state index contributed by atoms with van der Waals surface area (Å²) >= 11 is 1.75. The summed E-state index contributed by atoms with van der Waals surface area (Å²) in [4.78, 5) is 22.2. The van der Waals surface area contributed by atoms with Crippen LogP contribution >= 0.6 is 35.3 Å². The number of aliphatic imine (C=N–C) groups is 1. The summed E-state index contributed by atoms with van der Waals surface area (Å²) in [5.41, 5.74) is 2.32. The molecule has 0 aliphatic heterocycles. The van der Waals surface area contributed by atoms with Crippen molar-refractivity contribution in [2.75, 3.05) is 26.2 Å². The predicted octanol–water partition coefficient (Wildman–Crippen LogP) is 3.38. The van der Waals surface area contributed by atoms with Crippen molar-refractivity contribution >= 4 is 47.2 Å². The van der Waals surface area contributed by atoms with Gasteiger partial charge in [-0.25, -0.2) is 4.98 Å². The molecule has 1 heterocycles. The van der Waals surface area contributed by atoms with Gasteiger partial charge in [0.05, 0.1) is 10.7 Å². The number of nitrogens with zero attached hydrogens (tertiary/aromatic N) is 2. The van der Waals surface area contributed by atoms with Crippen LogP contribution in [0.4, 0.5) is 0 Å². The molecule has 0 spiro atoms. The van der Waals surface area contributed by atoms with E-state index < -0.39 is 0 Å². The summed E-state index contributed by atoms with van der Waals surface area (Å²) in [5.74, 6) is 1.49. The smallest absolute Gasteiger partial charge is 0.258 e. The minimum atomic E-state index is -0.0499. The first-order valence-electron chi connectivity index (χ1n) is 11.0. The van der Waals surface area contributed by atoms with E-state index in [9.17, 15) is 4.79 Å². The van der Waals surface area contributed by atoms with E-state index in [-0.39, 0.29) is 36.5 Å². The molecule has 176 valence electrons. The Kier molecular flexibility index (Phi) is 11.2. The number of halogens is 1. The second kappa shape index (κ2) is 13.6. The van der Waals surface area contributed by atoms with Crippen molar-refractivity contribution in [3.05, 3.63) is 45.4 Å². The highest BCUT2D eigenvalue weighted by molar-refractivity contribution is 14.0. The van der Waals surface area contributed by atoms with Gasteiger partial charge >= 0.3 is 0 Å². The number of ether oxygens (including phenoxy) is 1. The zero-order valence-electron chi connectivity index (χ0n) is 19.1. The second-order valence-corrected chi connectivity index (χ2v) is 9.00. The molecule has 1 aromatic heterocycles. The number of thiazole rings is 1. The van der Waals surface area contributed by atoms with E-state index in [4.69, 9.17) is 4.74 Å². The van der Waals surface area contributed by atoms with Crippen LogP contribution < -0.4 is 20.7 Å². The van der Waals surface area contributed by atoms with E-state index in [0.717, 1.165) is 55.4 Å². The molecule has 1 fully saturated rings. The van der Waals surface area contributed by atoms with Crippen molar-refractivity contribution in [2.24, 2.45) is 4.99 Å². The van der Waals surface area contributed by atoms with Crippen molar-refractivity contribution < 1.29 is 9.53 Å². The number of carbonyl (C=O) groups is 1. The SMILES string of the molecule is CCNC(=NCCc1nc(C)c(C)s1)NCCc1ccc(OCC(=O)NC2CC2)cc1.I. The monoisotopic (exact) mass is 571 g/mol. The minimum Gasteiger partial charge on any atom is -0.484 e. The van der Waals surface area contributed by atoms with Crippen LogP contribution in [-0.2, 0) is 17.6 Å². The average Bonchev–Trinajstić information content (AvgIpc) is 3.50. The quantitative estimate of drug-likeness (QED) is 0.219. The van der Waals surface area contributed by atoms with Gasteiger partial charge in [0.1, 0.15) is 5.75 Å². The molecule has 0 saturated heterocycles. The predicted molar refractivity (Wildman–Crippen MR) is 141 cm³/mol. The summed E-state index contributed by atoms with van der Waals surface area (Å²) in [6.07, 6.45) is 3.90. The van der Waals surface area contributed by atoms with Gasteiger partial charge in [-0.15, -0.1) is 35.3 Å². The zero-order chi connectivity index (χ0) is 22.1. The van der Waals surface area contributed by atoms with Gasteiger partial charge < -0.3 is 20.7 Å². The highest BCUT2D eigenvalue weighted by atomic mass is 127. The molecular weight excluding hydrogens is 537 g/mol. The molecule has 1 amide bonds. The van der Waals surface area contributed by atoms with Gasteiger partial charge in [0.15, 0.2) is 12.6 Å². The third-order valence-corrected chi connectivity index (χ3v) is 6.09. The largest absolute Gasteiger partial charge is 0.484 e. The first-order valence-corrected chi connectivity index (χ1v) is 11.8. The molecule has 0 atom stereocenters. The molecule has 1 aromatic carbocycles. The Balaban J connectivity index is 0.00000363. The number of hydrogen-bond acceptors (Lipinski definition) is 5. The van der Waals surface area contributed by atoms with Crippen LogP contribution in [0, 0.1) is 13.8 Å². The first kappa shape index (κ1) is 26.4. The van der Waals surface area contributed by atoms with E-state index >= 15 is 0 Å². The van der Waals surface area contributed by atoms with E-state index in [1.165, 1.54) is 10.4 Å². The van der Waals surface area contributed by atoms with Gasteiger partial charge in [0.2, 0.25) is 0 Å². The van der Waals surface area contributed by atoms with Gasteiger partial charge in [-0.2, -0.15) is 0 Å². The Bertz CT molecular complexity index is 862. The summed E-state index contributed by atoms with van der Waals surface area (Å²) < 4.78 is 5.55. The summed E-state index contributed by atoms with van der Waals surface area (Å²) in [6.45, 7) is 8.61. The fraction of sp³-hybridized carbons (Fsp3) is 0.522. The van der Waals surface area contributed by atoms with Crippen LogP contribution in [0.5, 0.6) is 5.75 Å². The maximum Gasteiger partial charge on any atom is 0.258 e. The Morgan fingerprint density at radius 3 is 2.56 bits per heavy atom. The lowest BCUT2D eigenvalue weighted by Crippen LogP contribution is -2.38. The molecular formula is C23H34IN5O2S. The van der Waals surface area contributed by atoms with Crippen LogP contribution in [0.3, 0.4) is 0 Å². The van der Waals surface area contributed by atoms with Gasteiger partial charge in [-0.1, -0.05) is 12.1 Å². The third-order valence-electron chi connectivity index (χ3n) is 4.95. The van der Waals surface area contributed by atoms with Crippen LogP contribution in [0.1, 0.15) is 40.9 Å². The Morgan fingerprint density at radius 1 is 1.19 bits per heavy atom. The van der Waals surface area contributed by atoms with Gasteiger partial charge in [0.25, 0.3) is 5.91 Å². The molecule has 32 heavy (non-hydrogen) atoms. The lowest BCUT2D eigenvalue weighted by atomic mass is 10.1. The molecule has 9 heteroatoms. The molecule has 0 bridgehead atoms. The molecule has 0 unspecified atom stereocenters. The number of carbonyl (C=O) groups excluding carboxylic acids is 1. The Morgan fingerprint density at radius 2 is 1.94 bits per heavy atom. The second-order valence-electron chi connectivity index (χ2n) is 7.71.